The van der Waals surface area contributed by atoms with Gasteiger partial charge in [-0.1, -0.05) is 12.1 Å². The van der Waals surface area contributed by atoms with Crippen molar-refractivity contribution in [1.29, 1.82) is 0 Å². The van der Waals surface area contributed by atoms with E-state index in [0.717, 1.165) is 19.0 Å². The van der Waals surface area contributed by atoms with Crippen LogP contribution in [0.4, 0.5) is 0 Å². The molecule has 1 aromatic rings. The maximum Gasteiger partial charge on any atom is 0.119 e. The average Bonchev–Trinajstić information content (AvgIpc) is 2.36. The summed E-state index contributed by atoms with van der Waals surface area (Å²) in [4.78, 5) is 0. The molecule has 17 heavy (non-hydrogen) atoms. The predicted octanol–water partition coefficient (Wildman–Crippen LogP) is 2.77. The number of benzene rings is 1. The Kier molecular flexibility index (Phi) is 6.01. The highest BCUT2D eigenvalue weighted by atomic mass is 16.5. The monoisotopic (exact) mass is 237 g/mol. The van der Waals surface area contributed by atoms with Crippen LogP contribution in [0.25, 0.3) is 0 Å². The minimum atomic E-state index is 0.292. The Labute approximate surface area is 104 Å². The topological polar surface area (TPSA) is 30.5 Å². The van der Waals surface area contributed by atoms with Crippen LogP contribution in [-0.2, 0) is 4.74 Å². The van der Waals surface area contributed by atoms with Gasteiger partial charge in [-0.15, -0.1) is 0 Å². The fourth-order valence-corrected chi connectivity index (χ4v) is 1.78. The fraction of sp³-hybridized carbons (Fsp3) is 0.571. The molecule has 1 rings (SSSR count). The fourth-order valence-electron chi connectivity index (χ4n) is 1.78. The quantitative estimate of drug-likeness (QED) is 0.791. The van der Waals surface area contributed by atoms with E-state index in [1.54, 1.807) is 7.11 Å². The summed E-state index contributed by atoms with van der Waals surface area (Å²) in [5.41, 5.74) is 1.23. The first-order valence-corrected chi connectivity index (χ1v) is 6.15. The van der Waals surface area contributed by atoms with E-state index < -0.39 is 0 Å². The molecule has 0 fully saturated rings. The van der Waals surface area contributed by atoms with Gasteiger partial charge < -0.3 is 14.8 Å². The summed E-state index contributed by atoms with van der Waals surface area (Å²) >= 11 is 0. The van der Waals surface area contributed by atoms with E-state index in [9.17, 15) is 0 Å². The molecule has 0 radical (unpaired) electrons. The van der Waals surface area contributed by atoms with Gasteiger partial charge in [0.15, 0.2) is 0 Å². The molecule has 0 aliphatic carbocycles. The van der Waals surface area contributed by atoms with Crippen molar-refractivity contribution in [3.8, 4) is 5.75 Å². The van der Waals surface area contributed by atoms with E-state index in [-0.39, 0.29) is 0 Å². The van der Waals surface area contributed by atoms with Gasteiger partial charge in [0, 0.05) is 18.7 Å². The highest BCUT2D eigenvalue weighted by Crippen LogP contribution is 2.19. The maximum atomic E-state index is 5.39. The number of nitrogens with one attached hydrogen (secondary N) is 1. The lowest BCUT2D eigenvalue weighted by Crippen LogP contribution is -2.32. The van der Waals surface area contributed by atoms with E-state index in [0.29, 0.717) is 12.1 Å². The number of hydrogen-bond acceptors (Lipinski definition) is 3. The molecule has 0 aromatic heterocycles. The molecule has 96 valence electrons. The lowest BCUT2D eigenvalue weighted by Gasteiger charge is -2.20. The summed E-state index contributed by atoms with van der Waals surface area (Å²) in [6.07, 6.45) is 0. The first-order chi connectivity index (χ1) is 8.17. The molecule has 1 unspecified atom stereocenters. The van der Waals surface area contributed by atoms with Crippen LogP contribution in [-0.4, -0.2) is 26.4 Å². The van der Waals surface area contributed by atoms with Gasteiger partial charge >= 0.3 is 0 Å². The third kappa shape index (κ3) is 4.75. The third-order valence-electron chi connectivity index (χ3n) is 2.70. The second kappa shape index (κ2) is 7.30. The summed E-state index contributed by atoms with van der Waals surface area (Å²) in [6.45, 7) is 7.80. The van der Waals surface area contributed by atoms with E-state index in [4.69, 9.17) is 9.47 Å². The SMILES string of the molecule is CCOCC(C)N[C@H](C)c1cccc(OC)c1. The van der Waals surface area contributed by atoms with Gasteiger partial charge in [-0.2, -0.15) is 0 Å². The zero-order valence-electron chi connectivity index (χ0n) is 11.2. The van der Waals surface area contributed by atoms with Crippen LogP contribution in [0.1, 0.15) is 32.4 Å². The van der Waals surface area contributed by atoms with Gasteiger partial charge in [-0.3, -0.25) is 0 Å². The molecule has 0 saturated heterocycles. The van der Waals surface area contributed by atoms with Crippen molar-refractivity contribution in [3.63, 3.8) is 0 Å². The summed E-state index contributed by atoms with van der Waals surface area (Å²) in [7, 11) is 1.69. The molecule has 0 bridgehead atoms. The summed E-state index contributed by atoms with van der Waals surface area (Å²) in [5.74, 6) is 0.897. The number of ether oxygens (including phenoxy) is 2. The van der Waals surface area contributed by atoms with E-state index in [1.165, 1.54) is 5.56 Å². The van der Waals surface area contributed by atoms with Crippen molar-refractivity contribution in [2.45, 2.75) is 32.9 Å². The molecule has 0 saturated carbocycles. The van der Waals surface area contributed by atoms with Crippen molar-refractivity contribution < 1.29 is 9.47 Å². The van der Waals surface area contributed by atoms with Gasteiger partial charge in [-0.05, 0) is 38.5 Å². The van der Waals surface area contributed by atoms with Crippen molar-refractivity contribution in [1.82, 2.24) is 5.32 Å². The van der Waals surface area contributed by atoms with Gasteiger partial charge in [-0.25, -0.2) is 0 Å². The standard InChI is InChI=1S/C14H23NO2/c1-5-17-10-11(2)15-12(3)13-7-6-8-14(9-13)16-4/h6-9,11-12,15H,5,10H2,1-4H3/t11?,12-/m1/s1. The second-order valence-corrected chi connectivity index (χ2v) is 4.23. The first kappa shape index (κ1) is 14.0. The Bertz CT molecular complexity index is 328. The van der Waals surface area contributed by atoms with Gasteiger partial charge in [0.1, 0.15) is 5.75 Å². The van der Waals surface area contributed by atoms with Crippen LogP contribution in [0.5, 0.6) is 5.75 Å². The van der Waals surface area contributed by atoms with E-state index >= 15 is 0 Å². The first-order valence-electron chi connectivity index (χ1n) is 6.15. The van der Waals surface area contributed by atoms with Crippen molar-refractivity contribution in [2.24, 2.45) is 0 Å². The summed E-state index contributed by atoms with van der Waals surface area (Å²) in [6, 6.07) is 8.77. The molecule has 0 amide bonds. The largest absolute Gasteiger partial charge is 0.497 e. The molecule has 0 spiro atoms. The van der Waals surface area contributed by atoms with Crippen molar-refractivity contribution in [3.05, 3.63) is 29.8 Å². The minimum Gasteiger partial charge on any atom is -0.497 e. The molecule has 0 aliphatic rings. The van der Waals surface area contributed by atoms with Crippen LogP contribution >= 0.6 is 0 Å². The molecule has 3 nitrogen and oxygen atoms in total. The molecular weight excluding hydrogens is 214 g/mol. The van der Waals surface area contributed by atoms with Gasteiger partial charge in [0.05, 0.1) is 13.7 Å². The smallest absolute Gasteiger partial charge is 0.119 e. The maximum absolute atomic E-state index is 5.39. The molecule has 1 N–H and O–H groups in total. The van der Waals surface area contributed by atoms with E-state index in [2.05, 4.69) is 31.3 Å². The molecule has 3 heteroatoms. The molecule has 2 atom stereocenters. The third-order valence-corrected chi connectivity index (χ3v) is 2.70. The number of hydrogen-bond donors (Lipinski definition) is 1. The minimum absolute atomic E-state index is 0.292. The zero-order valence-corrected chi connectivity index (χ0v) is 11.2. The Morgan fingerprint density at radius 2 is 2.06 bits per heavy atom. The Morgan fingerprint density at radius 3 is 2.71 bits per heavy atom. The van der Waals surface area contributed by atoms with Crippen molar-refractivity contribution >= 4 is 0 Å². The second-order valence-electron chi connectivity index (χ2n) is 4.23. The lowest BCUT2D eigenvalue weighted by molar-refractivity contribution is 0.124. The van der Waals surface area contributed by atoms with Gasteiger partial charge in [0.25, 0.3) is 0 Å². The number of rotatable bonds is 7. The Hall–Kier alpha value is -1.06. The van der Waals surface area contributed by atoms with Crippen LogP contribution in [0.2, 0.25) is 0 Å². The predicted molar refractivity (Wildman–Crippen MR) is 70.5 cm³/mol. The zero-order chi connectivity index (χ0) is 12.7. The van der Waals surface area contributed by atoms with Crippen LogP contribution < -0.4 is 10.1 Å². The Balaban J connectivity index is 2.53. The molecular formula is C14H23NO2. The Morgan fingerprint density at radius 1 is 1.29 bits per heavy atom. The molecule has 1 aromatic carbocycles. The highest BCUT2D eigenvalue weighted by molar-refractivity contribution is 5.30. The van der Waals surface area contributed by atoms with Gasteiger partial charge in [0.2, 0.25) is 0 Å². The lowest BCUT2D eigenvalue weighted by atomic mass is 10.1. The molecule has 0 heterocycles. The average molecular weight is 237 g/mol. The summed E-state index contributed by atoms with van der Waals surface area (Å²) in [5, 5.41) is 3.50. The molecule has 0 aliphatic heterocycles. The van der Waals surface area contributed by atoms with E-state index in [1.807, 2.05) is 19.1 Å². The normalized spacial score (nSPS) is 14.4. The van der Waals surface area contributed by atoms with Crippen LogP contribution in [0.15, 0.2) is 24.3 Å². The number of methoxy groups -OCH3 is 1. The highest BCUT2D eigenvalue weighted by Gasteiger charge is 2.09. The summed E-state index contributed by atoms with van der Waals surface area (Å²) < 4.78 is 10.6. The van der Waals surface area contributed by atoms with Crippen molar-refractivity contribution in [2.75, 3.05) is 20.3 Å². The van der Waals surface area contributed by atoms with Crippen LogP contribution in [0, 0.1) is 0 Å². The van der Waals surface area contributed by atoms with Crippen LogP contribution in [0.3, 0.4) is 0 Å².